The molecule has 2 heterocycles. The van der Waals surface area contributed by atoms with Crippen LogP contribution in [0.25, 0.3) is 5.78 Å². The van der Waals surface area contributed by atoms with Crippen LogP contribution in [0.5, 0.6) is 6.01 Å². The lowest BCUT2D eigenvalue weighted by atomic mass is 10.9. The Morgan fingerprint density at radius 1 is 1.40 bits per heavy atom. The molecule has 0 saturated carbocycles. The fourth-order valence-corrected chi connectivity index (χ4v) is 1.41. The van der Waals surface area contributed by atoms with Gasteiger partial charge in [-0.3, -0.25) is 0 Å². The van der Waals surface area contributed by atoms with E-state index in [2.05, 4.69) is 20.1 Å². The second-order valence-electron chi connectivity index (χ2n) is 2.61. The molecule has 8 heteroatoms. The molecule has 0 aliphatic heterocycles. The van der Waals surface area contributed by atoms with Crippen molar-refractivity contribution in [2.45, 2.75) is 12.1 Å². The minimum atomic E-state index is 0.253. The number of aromatic nitrogens is 5. The van der Waals surface area contributed by atoms with E-state index in [1.54, 1.807) is 0 Å². The second kappa shape index (κ2) is 3.89. The van der Waals surface area contributed by atoms with Gasteiger partial charge in [0.25, 0.3) is 5.78 Å². The van der Waals surface area contributed by atoms with Gasteiger partial charge in [-0.2, -0.15) is 19.5 Å². The first kappa shape index (κ1) is 9.97. The van der Waals surface area contributed by atoms with Gasteiger partial charge >= 0.3 is 6.01 Å². The van der Waals surface area contributed by atoms with E-state index >= 15 is 0 Å². The van der Waals surface area contributed by atoms with Crippen LogP contribution in [0, 0.1) is 0 Å². The molecule has 2 aromatic heterocycles. The lowest BCUT2D eigenvalue weighted by Gasteiger charge is -1.97. The van der Waals surface area contributed by atoms with Crippen molar-refractivity contribution < 1.29 is 4.74 Å². The van der Waals surface area contributed by atoms with Gasteiger partial charge in [-0.1, -0.05) is 11.8 Å². The molecule has 0 unspecified atom stereocenters. The summed E-state index contributed by atoms with van der Waals surface area (Å²) in [5.74, 6) is 0.651. The highest BCUT2D eigenvalue weighted by Crippen LogP contribution is 2.13. The number of thioether (sulfide) groups is 1. The van der Waals surface area contributed by atoms with Crippen molar-refractivity contribution >= 4 is 23.5 Å². The van der Waals surface area contributed by atoms with Crippen LogP contribution in [0.4, 0.5) is 5.95 Å². The molecule has 2 N–H and O–H groups in total. The van der Waals surface area contributed by atoms with E-state index in [0.717, 1.165) is 0 Å². The molecule has 0 fully saturated rings. The SMILES string of the molecule is CCOc1nc2nc(SC)nc(N)n2n1. The largest absolute Gasteiger partial charge is 0.463 e. The van der Waals surface area contributed by atoms with Crippen LogP contribution < -0.4 is 10.5 Å². The summed E-state index contributed by atoms with van der Waals surface area (Å²) >= 11 is 1.40. The van der Waals surface area contributed by atoms with Crippen molar-refractivity contribution in [2.75, 3.05) is 18.6 Å². The molecule has 15 heavy (non-hydrogen) atoms. The predicted octanol–water partition coefficient (Wildman–Crippen LogP) is 0.222. The first-order valence-electron chi connectivity index (χ1n) is 4.31. The lowest BCUT2D eigenvalue weighted by molar-refractivity contribution is 0.313. The maximum absolute atomic E-state index is 5.68. The van der Waals surface area contributed by atoms with Crippen molar-refractivity contribution in [1.82, 2.24) is 24.6 Å². The Bertz CT molecular complexity index is 484. The summed E-state index contributed by atoms with van der Waals surface area (Å²) in [5.41, 5.74) is 5.68. The third-order valence-corrected chi connectivity index (χ3v) is 2.20. The molecule has 2 aromatic rings. The maximum atomic E-state index is 5.68. The van der Waals surface area contributed by atoms with Gasteiger partial charge in [-0.05, 0) is 13.2 Å². The van der Waals surface area contributed by atoms with Crippen molar-refractivity contribution in [3.63, 3.8) is 0 Å². The van der Waals surface area contributed by atoms with Gasteiger partial charge in [-0.25, -0.2) is 0 Å². The molecule has 0 aromatic carbocycles. The van der Waals surface area contributed by atoms with E-state index in [0.29, 0.717) is 17.5 Å². The van der Waals surface area contributed by atoms with Gasteiger partial charge in [0.1, 0.15) is 0 Å². The molecular formula is C7H10N6OS. The number of rotatable bonds is 3. The molecule has 2 rings (SSSR count). The van der Waals surface area contributed by atoms with Crippen LogP contribution in [0.3, 0.4) is 0 Å². The van der Waals surface area contributed by atoms with E-state index in [4.69, 9.17) is 10.5 Å². The topological polar surface area (TPSA) is 91.2 Å². The van der Waals surface area contributed by atoms with E-state index in [-0.39, 0.29) is 12.0 Å². The Labute approximate surface area is 90.1 Å². The number of hydrogen-bond donors (Lipinski definition) is 1. The van der Waals surface area contributed by atoms with E-state index < -0.39 is 0 Å². The number of anilines is 1. The minimum absolute atomic E-state index is 0.253. The van der Waals surface area contributed by atoms with Crippen molar-refractivity contribution in [3.8, 4) is 6.01 Å². The smallest absolute Gasteiger partial charge is 0.337 e. The summed E-state index contributed by atoms with van der Waals surface area (Å²) in [6.45, 7) is 2.35. The van der Waals surface area contributed by atoms with Crippen LogP contribution in [-0.4, -0.2) is 37.4 Å². The summed E-state index contributed by atoms with van der Waals surface area (Å²) < 4.78 is 6.50. The first-order valence-corrected chi connectivity index (χ1v) is 5.54. The quantitative estimate of drug-likeness (QED) is 0.748. The number of nitrogens with zero attached hydrogens (tertiary/aromatic N) is 5. The predicted molar refractivity (Wildman–Crippen MR) is 55.9 cm³/mol. The average Bonchev–Trinajstić information content (AvgIpc) is 2.61. The Morgan fingerprint density at radius 3 is 2.87 bits per heavy atom. The zero-order valence-corrected chi connectivity index (χ0v) is 9.15. The molecule has 0 amide bonds. The number of nitrogen functional groups attached to an aromatic ring is 1. The fourth-order valence-electron chi connectivity index (χ4n) is 1.05. The van der Waals surface area contributed by atoms with E-state index in [1.165, 1.54) is 16.3 Å². The Balaban J connectivity index is 2.54. The molecule has 0 saturated heterocycles. The van der Waals surface area contributed by atoms with E-state index in [9.17, 15) is 0 Å². The highest BCUT2D eigenvalue weighted by molar-refractivity contribution is 7.98. The summed E-state index contributed by atoms with van der Waals surface area (Å²) in [4.78, 5) is 12.2. The molecule has 0 radical (unpaired) electrons. The van der Waals surface area contributed by atoms with Crippen LogP contribution in [-0.2, 0) is 0 Å². The summed E-state index contributed by atoms with van der Waals surface area (Å²) in [6.07, 6.45) is 1.87. The fraction of sp³-hybridized carbons (Fsp3) is 0.429. The van der Waals surface area contributed by atoms with Gasteiger partial charge in [0.15, 0.2) is 5.16 Å². The maximum Gasteiger partial charge on any atom is 0.337 e. The third-order valence-electron chi connectivity index (χ3n) is 1.65. The molecule has 7 nitrogen and oxygen atoms in total. The normalized spacial score (nSPS) is 10.8. The van der Waals surface area contributed by atoms with Crippen molar-refractivity contribution in [2.24, 2.45) is 0 Å². The molecule has 0 aliphatic carbocycles. The Morgan fingerprint density at radius 2 is 2.20 bits per heavy atom. The summed E-state index contributed by atoms with van der Waals surface area (Å²) in [6, 6.07) is 0.261. The molecular weight excluding hydrogens is 216 g/mol. The van der Waals surface area contributed by atoms with Crippen LogP contribution in [0.15, 0.2) is 5.16 Å². The standard InChI is InChI=1S/C7H10N6OS/c1-3-14-6-10-5-11-7(15-2)9-4(8)13(5)12-6/h3H2,1-2H3,(H2,8,9,10,11,12). The third kappa shape index (κ3) is 1.80. The molecule has 80 valence electrons. The Hall–Kier alpha value is -1.57. The number of hydrogen-bond acceptors (Lipinski definition) is 7. The Kier molecular flexibility index (Phi) is 2.58. The number of ether oxygens (including phenoxy) is 1. The molecule has 0 atom stereocenters. The number of fused-ring (bicyclic) bond motifs is 1. The van der Waals surface area contributed by atoms with Crippen molar-refractivity contribution in [1.29, 1.82) is 0 Å². The monoisotopic (exact) mass is 226 g/mol. The highest BCUT2D eigenvalue weighted by atomic mass is 32.2. The van der Waals surface area contributed by atoms with Gasteiger partial charge in [0.05, 0.1) is 6.61 Å². The molecule has 0 bridgehead atoms. The number of nitrogens with two attached hydrogens (primary N) is 1. The lowest BCUT2D eigenvalue weighted by Crippen LogP contribution is -2.04. The van der Waals surface area contributed by atoms with Crippen molar-refractivity contribution in [3.05, 3.63) is 0 Å². The molecule has 0 spiro atoms. The first-order chi connectivity index (χ1) is 7.24. The van der Waals surface area contributed by atoms with Crippen LogP contribution in [0.2, 0.25) is 0 Å². The highest BCUT2D eigenvalue weighted by Gasteiger charge is 2.10. The zero-order chi connectivity index (χ0) is 10.8. The van der Waals surface area contributed by atoms with Crippen LogP contribution in [0.1, 0.15) is 6.92 Å². The average molecular weight is 226 g/mol. The molecule has 0 aliphatic rings. The van der Waals surface area contributed by atoms with Gasteiger partial charge in [0, 0.05) is 0 Å². The summed E-state index contributed by atoms with van der Waals surface area (Å²) in [7, 11) is 0. The van der Waals surface area contributed by atoms with Gasteiger partial charge < -0.3 is 10.5 Å². The summed E-state index contributed by atoms with van der Waals surface area (Å²) in [5, 5.41) is 4.57. The minimum Gasteiger partial charge on any atom is -0.463 e. The van der Waals surface area contributed by atoms with Crippen LogP contribution >= 0.6 is 11.8 Å². The zero-order valence-electron chi connectivity index (χ0n) is 8.34. The second-order valence-corrected chi connectivity index (χ2v) is 3.38. The van der Waals surface area contributed by atoms with Gasteiger partial charge in [0.2, 0.25) is 5.95 Å². The van der Waals surface area contributed by atoms with E-state index in [1.807, 2.05) is 13.2 Å². The van der Waals surface area contributed by atoms with Gasteiger partial charge in [-0.15, -0.1) is 5.10 Å².